The molecule has 0 radical (unpaired) electrons. The predicted octanol–water partition coefficient (Wildman–Crippen LogP) is 4.44. The molecule has 14 nitrogen and oxygen atoms in total. The van der Waals surface area contributed by atoms with E-state index in [4.69, 9.17) is 23.9 Å². The van der Waals surface area contributed by atoms with Gasteiger partial charge in [-0.1, -0.05) is 19.1 Å². The van der Waals surface area contributed by atoms with Crippen LogP contribution in [0.25, 0.3) is 11.0 Å². The van der Waals surface area contributed by atoms with E-state index in [0.29, 0.717) is 24.9 Å². The van der Waals surface area contributed by atoms with Gasteiger partial charge in [0.1, 0.15) is 37.0 Å². The molecule has 3 saturated heterocycles. The summed E-state index contributed by atoms with van der Waals surface area (Å²) < 4.78 is 25.0. The molecule has 0 bridgehead atoms. The Morgan fingerprint density at radius 1 is 0.846 bits per heavy atom. The zero-order valence-corrected chi connectivity index (χ0v) is 29.3. The van der Waals surface area contributed by atoms with Gasteiger partial charge < -0.3 is 33.6 Å². The molecule has 2 aromatic heterocycles. The van der Waals surface area contributed by atoms with Crippen molar-refractivity contribution >= 4 is 34.4 Å². The summed E-state index contributed by atoms with van der Waals surface area (Å²) in [7, 11) is 0. The lowest BCUT2D eigenvalue weighted by Gasteiger charge is -2.37. The Labute approximate surface area is 302 Å². The number of aromatic nitrogens is 5. The van der Waals surface area contributed by atoms with Crippen molar-refractivity contribution in [3.05, 3.63) is 97.1 Å². The number of fused-ring (bicyclic) bond motifs is 2. The fourth-order valence-electron chi connectivity index (χ4n) is 7.10. The van der Waals surface area contributed by atoms with Gasteiger partial charge >= 0.3 is 0 Å². The van der Waals surface area contributed by atoms with E-state index in [0.717, 1.165) is 55.1 Å². The maximum atomic E-state index is 6.53. The number of epoxide rings is 1. The van der Waals surface area contributed by atoms with Crippen molar-refractivity contribution in [3.8, 4) is 5.75 Å². The number of anilines is 3. The Morgan fingerprint density at radius 3 is 2.23 bits per heavy atom. The van der Waals surface area contributed by atoms with Crippen LogP contribution < -0.4 is 19.4 Å². The Bertz CT molecular complexity index is 2000. The number of rotatable bonds is 11. The normalized spacial score (nSPS) is 24.7. The molecule has 6 heterocycles. The number of hydrogen-bond acceptors (Lipinski definition) is 13. The first-order valence-corrected chi connectivity index (χ1v) is 18.0. The first-order chi connectivity index (χ1) is 25.5. The topological polar surface area (TPSA) is 122 Å². The summed E-state index contributed by atoms with van der Waals surface area (Å²) in [4.78, 5) is 18.0. The first-order valence-electron chi connectivity index (χ1n) is 18.0. The van der Waals surface area contributed by atoms with E-state index in [-0.39, 0.29) is 25.1 Å². The summed E-state index contributed by atoms with van der Waals surface area (Å²) in [6.45, 7) is 9.00. The molecule has 14 heteroatoms. The molecule has 3 fully saturated rings. The fraction of sp³-hybridized carbons (Fsp3) is 0.395. The van der Waals surface area contributed by atoms with Crippen LogP contribution >= 0.6 is 0 Å². The highest BCUT2D eigenvalue weighted by Gasteiger charge is 2.51. The van der Waals surface area contributed by atoms with Crippen molar-refractivity contribution in [2.24, 2.45) is 5.10 Å². The zero-order chi connectivity index (χ0) is 35.1. The summed E-state index contributed by atoms with van der Waals surface area (Å²) >= 11 is 0. The van der Waals surface area contributed by atoms with E-state index in [1.54, 1.807) is 23.4 Å². The Balaban J connectivity index is 0.782. The number of benzene rings is 3. The van der Waals surface area contributed by atoms with Crippen molar-refractivity contribution in [2.75, 3.05) is 54.1 Å². The van der Waals surface area contributed by atoms with E-state index < -0.39 is 5.79 Å². The minimum absolute atomic E-state index is 0.0366. The minimum Gasteiger partial charge on any atom is -0.491 e. The van der Waals surface area contributed by atoms with Crippen LogP contribution in [0, 0.1) is 0 Å². The molecule has 4 aliphatic rings. The molecule has 0 spiro atoms. The molecule has 0 saturated carbocycles. The lowest BCUT2D eigenvalue weighted by Crippen LogP contribution is -2.46. The van der Waals surface area contributed by atoms with Crippen LogP contribution in [-0.4, -0.2) is 100 Å². The number of piperazine rings is 1. The quantitative estimate of drug-likeness (QED) is 0.181. The second-order valence-corrected chi connectivity index (χ2v) is 13.6. The summed E-state index contributed by atoms with van der Waals surface area (Å²) in [6.07, 6.45) is 7.65. The van der Waals surface area contributed by atoms with Crippen LogP contribution in [0.5, 0.6) is 5.75 Å². The molecule has 9 rings (SSSR count). The van der Waals surface area contributed by atoms with Gasteiger partial charge in [-0.15, -0.1) is 0 Å². The van der Waals surface area contributed by atoms with Crippen molar-refractivity contribution in [3.63, 3.8) is 0 Å². The molecular formula is C38H42N10O4. The summed E-state index contributed by atoms with van der Waals surface area (Å²) in [5.74, 6) is -0.414. The average molecular weight is 703 g/mol. The highest BCUT2D eigenvalue weighted by molar-refractivity contribution is 5.81. The van der Waals surface area contributed by atoms with Crippen LogP contribution in [0.3, 0.4) is 0 Å². The lowest BCUT2D eigenvalue weighted by atomic mass is 10.2. The predicted molar refractivity (Wildman–Crippen MR) is 196 cm³/mol. The van der Waals surface area contributed by atoms with Gasteiger partial charge in [0, 0.05) is 49.3 Å². The van der Waals surface area contributed by atoms with Crippen LogP contribution in [-0.2, 0) is 26.5 Å². The number of hydrogen-bond donors (Lipinski definition) is 0. The fourth-order valence-corrected chi connectivity index (χ4v) is 7.10. The third-order valence-electron chi connectivity index (χ3n) is 10.3. The second kappa shape index (κ2) is 13.7. The summed E-state index contributed by atoms with van der Waals surface area (Å²) in [5, 5.41) is 15.3. The van der Waals surface area contributed by atoms with Crippen molar-refractivity contribution in [1.82, 2.24) is 30.0 Å². The molecule has 52 heavy (non-hydrogen) atoms. The molecule has 5 unspecified atom stereocenters. The van der Waals surface area contributed by atoms with E-state index in [2.05, 4.69) is 90.2 Å². The van der Waals surface area contributed by atoms with Gasteiger partial charge in [-0.25, -0.2) is 4.98 Å². The van der Waals surface area contributed by atoms with Crippen molar-refractivity contribution in [2.45, 2.75) is 57.2 Å². The highest BCUT2D eigenvalue weighted by atomic mass is 16.8. The minimum atomic E-state index is -1.19. The van der Waals surface area contributed by atoms with Gasteiger partial charge in [0.25, 0.3) is 0 Å². The third-order valence-corrected chi connectivity index (χ3v) is 10.3. The van der Waals surface area contributed by atoms with Crippen LogP contribution in [0.1, 0.15) is 26.0 Å². The maximum Gasteiger partial charge on any atom is 0.236 e. The molecule has 5 aromatic rings. The standard InChI is InChI=1S/C38H42N10O4/c1-3-27(2)48-37-36(51-37)46(26-42-48)30-10-8-28(9-11-30)44-18-20-45(21-19-44)29-12-14-31(15-13-29)49-23-32-24-50-38(52-32,25-47-40-16-17-41-47)35-22-39-33-6-4-5-7-34(33)43-35/h4-17,22,26-27,32,36-37H,3,18-21,23-25H2,1-2H3. The molecule has 268 valence electrons. The average Bonchev–Trinajstić information content (AvgIpc) is 3.64. The third kappa shape index (κ3) is 6.37. The van der Waals surface area contributed by atoms with Crippen molar-refractivity contribution in [1.29, 1.82) is 0 Å². The maximum absolute atomic E-state index is 6.53. The molecule has 5 atom stereocenters. The molecule has 0 aliphatic carbocycles. The molecular weight excluding hydrogens is 660 g/mol. The largest absolute Gasteiger partial charge is 0.491 e. The second-order valence-electron chi connectivity index (χ2n) is 13.6. The van der Waals surface area contributed by atoms with Gasteiger partial charge in [0.15, 0.2) is 12.5 Å². The SMILES string of the molecule is CCC(C)N1N=CN(c2ccc(N3CCN(c4ccc(OCC5COC(Cn6nccn6)(c6cnc7ccccc7n6)O5)cc4)CC3)cc2)C2OC21. The molecule has 0 N–H and O–H groups in total. The summed E-state index contributed by atoms with van der Waals surface area (Å²) in [6, 6.07) is 25.1. The van der Waals surface area contributed by atoms with Gasteiger partial charge in [-0.05, 0) is 74.0 Å². The smallest absolute Gasteiger partial charge is 0.236 e. The monoisotopic (exact) mass is 702 g/mol. The molecule has 4 aliphatic heterocycles. The Morgan fingerprint density at radius 2 is 1.52 bits per heavy atom. The van der Waals surface area contributed by atoms with Gasteiger partial charge in [0.05, 0.1) is 36.2 Å². The Kier molecular flexibility index (Phi) is 8.57. The van der Waals surface area contributed by atoms with Crippen molar-refractivity contribution < 1.29 is 18.9 Å². The van der Waals surface area contributed by atoms with Gasteiger partial charge in [-0.3, -0.25) is 9.99 Å². The van der Waals surface area contributed by atoms with E-state index in [1.165, 1.54) is 11.4 Å². The zero-order valence-electron chi connectivity index (χ0n) is 29.3. The van der Waals surface area contributed by atoms with Gasteiger partial charge in [-0.2, -0.15) is 20.1 Å². The Hall–Kier alpha value is -5.31. The number of hydrazone groups is 1. The number of nitrogens with zero attached hydrogens (tertiary/aromatic N) is 10. The molecule has 0 amide bonds. The number of para-hydroxylation sites is 2. The lowest BCUT2D eigenvalue weighted by molar-refractivity contribution is -0.195. The van der Waals surface area contributed by atoms with Gasteiger partial charge in [0.2, 0.25) is 5.79 Å². The van der Waals surface area contributed by atoms with E-state index in [9.17, 15) is 0 Å². The molecule has 3 aromatic carbocycles. The summed E-state index contributed by atoms with van der Waals surface area (Å²) in [5.41, 5.74) is 5.64. The highest BCUT2D eigenvalue weighted by Crippen LogP contribution is 2.38. The number of ether oxygens (including phenoxy) is 4. The van der Waals surface area contributed by atoms with Crippen LogP contribution in [0.4, 0.5) is 17.1 Å². The van der Waals surface area contributed by atoms with E-state index >= 15 is 0 Å². The van der Waals surface area contributed by atoms with E-state index in [1.807, 2.05) is 42.7 Å². The van der Waals surface area contributed by atoms with Crippen LogP contribution in [0.15, 0.2) is 96.5 Å². The van der Waals surface area contributed by atoms with Crippen LogP contribution in [0.2, 0.25) is 0 Å². The first kappa shape index (κ1) is 32.6.